The predicted octanol–water partition coefficient (Wildman–Crippen LogP) is 2.78. The highest BCUT2D eigenvalue weighted by Crippen LogP contribution is 2.32. The van der Waals surface area contributed by atoms with Crippen LogP contribution >= 0.6 is 0 Å². The van der Waals surface area contributed by atoms with Crippen LogP contribution in [0.4, 0.5) is 4.79 Å². The van der Waals surface area contributed by atoms with Crippen molar-refractivity contribution in [1.29, 1.82) is 0 Å². The number of aryl methyl sites for hydroxylation is 1. The average Bonchev–Trinajstić information content (AvgIpc) is 2.77. The number of hydrogen-bond donors (Lipinski definition) is 1. The fraction of sp³-hybridized carbons (Fsp3) is 0.542. The highest BCUT2D eigenvalue weighted by Gasteiger charge is 2.38. The summed E-state index contributed by atoms with van der Waals surface area (Å²) in [7, 11) is 1.66. The molecule has 0 radical (unpaired) electrons. The number of hydrogen-bond acceptors (Lipinski definition) is 6. The third-order valence-corrected chi connectivity index (χ3v) is 5.95. The summed E-state index contributed by atoms with van der Waals surface area (Å²) in [5.41, 5.74) is 2.89. The molecule has 1 N–H and O–H groups in total. The van der Waals surface area contributed by atoms with Gasteiger partial charge in [-0.2, -0.15) is 0 Å². The molecule has 1 aromatic carbocycles. The van der Waals surface area contributed by atoms with E-state index in [9.17, 15) is 14.4 Å². The van der Waals surface area contributed by atoms with Crippen molar-refractivity contribution in [3.05, 3.63) is 46.7 Å². The molecule has 8 heteroatoms. The first-order chi connectivity index (χ1) is 15.3. The summed E-state index contributed by atoms with van der Waals surface area (Å²) < 4.78 is 10.6. The van der Waals surface area contributed by atoms with Crippen molar-refractivity contribution in [1.82, 2.24) is 15.1 Å². The van der Waals surface area contributed by atoms with Gasteiger partial charge in [-0.25, -0.2) is 9.59 Å². The van der Waals surface area contributed by atoms with Gasteiger partial charge in [-0.15, -0.1) is 0 Å². The Morgan fingerprint density at radius 3 is 2.62 bits per heavy atom. The second-order valence-corrected chi connectivity index (χ2v) is 8.26. The van der Waals surface area contributed by atoms with Crippen molar-refractivity contribution in [3.63, 3.8) is 0 Å². The Balaban J connectivity index is 1.97. The van der Waals surface area contributed by atoms with Crippen molar-refractivity contribution >= 4 is 18.0 Å². The van der Waals surface area contributed by atoms with E-state index in [0.717, 1.165) is 30.5 Å². The van der Waals surface area contributed by atoms with Crippen molar-refractivity contribution < 1.29 is 23.9 Å². The van der Waals surface area contributed by atoms with Crippen LogP contribution in [-0.4, -0.2) is 67.7 Å². The minimum Gasteiger partial charge on any atom is -0.466 e. The fourth-order valence-electron chi connectivity index (χ4n) is 4.36. The summed E-state index contributed by atoms with van der Waals surface area (Å²) in [5.74, 6) is -0.838. The number of esters is 2. The van der Waals surface area contributed by atoms with E-state index in [1.165, 1.54) is 4.90 Å². The van der Waals surface area contributed by atoms with E-state index in [1.807, 2.05) is 31.2 Å². The molecule has 0 aromatic heterocycles. The van der Waals surface area contributed by atoms with Crippen LogP contribution in [0.3, 0.4) is 0 Å². The number of likely N-dealkylation sites (tertiary alicyclic amines) is 1. The monoisotopic (exact) mass is 443 g/mol. The number of nitrogens with one attached hydrogen (secondary N) is 1. The Hall–Kier alpha value is -2.87. The highest BCUT2D eigenvalue weighted by molar-refractivity contribution is 5.95. The number of piperidine rings is 1. The van der Waals surface area contributed by atoms with E-state index in [4.69, 9.17) is 9.47 Å². The van der Waals surface area contributed by atoms with Crippen LogP contribution in [0, 0.1) is 12.8 Å². The molecule has 8 nitrogen and oxygen atoms in total. The van der Waals surface area contributed by atoms with Gasteiger partial charge in [0.25, 0.3) is 0 Å². The summed E-state index contributed by atoms with van der Waals surface area (Å²) in [4.78, 5) is 41.8. The van der Waals surface area contributed by atoms with Gasteiger partial charge in [0.15, 0.2) is 0 Å². The first-order valence-electron chi connectivity index (χ1n) is 11.3. The molecule has 0 spiro atoms. The van der Waals surface area contributed by atoms with E-state index >= 15 is 0 Å². The topological polar surface area (TPSA) is 88.2 Å². The number of benzene rings is 1. The summed E-state index contributed by atoms with van der Waals surface area (Å²) in [5, 5.41) is 2.95. The summed E-state index contributed by atoms with van der Waals surface area (Å²) in [6.45, 7) is 7.81. The van der Waals surface area contributed by atoms with E-state index in [-0.39, 0.29) is 24.5 Å². The molecule has 2 aliphatic rings. The quantitative estimate of drug-likeness (QED) is 0.652. The van der Waals surface area contributed by atoms with Crippen LogP contribution in [0.15, 0.2) is 35.5 Å². The molecule has 0 saturated carbocycles. The molecular formula is C24H33N3O5. The maximum Gasteiger partial charge on any atom is 0.338 e. The first kappa shape index (κ1) is 23.8. The Morgan fingerprint density at radius 2 is 1.94 bits per heavy atom. The molecule has 2 aliphatic heterocycles. The second kappa shape index (κ2) is 10.6. The van der Waals surface area contributed by atoms with E-state index in [1.54, 1.807) is 20.9 Å². The lowest BCUT2D eigenvalue weighted by molar-refractivity contribution is -0.150. The molecule has 0 bridgehead atoms. The van der Waals surface area contributed by atoms with Gasteiger partial charge in [0, 0.05) is 25.8 Å². The Morgan fingerprint density at radius 1 is 1.19 bits per heavy atom. The third kappa shape index (κ3) is 5.30. The largest absolute Gasteiger partial charge is 0.466 e. The van der Waals surface area contributed by atoms with Gasteiger partial charge in [0.2, 0.25) is 0 Å². The zero-order chi connectivity index (χ0) is 23.3. The van der Waals surface area contributed by atoms with Crippen molar-refractivity contribution in [3.8, 4) is 0 Å². The van der Waals surface area contributed by atoms with Gasteiger partial charge in [0.05, 0.1) is 30.7 Å². The van der Waals surface area contributed by atoms with Crippen LogP contribution in [0.25, 0.3) is 0 Å². The summed E-state index contributed by atoms with van der Waals surface area (Å²) >= 11 is 0. The number of amides is 2. The maximum absolute atomic E-state index is 13.1. The maximum atomic E-state index is 13.1. The Kier molecular flexibility index (Phi) is 7.90. The van der Waals surface area contributed by atoms with Gasteiger partial charge in [-0.3, -0.25) is 14.6 Å². The lowest BCUT2D eigenvalue weighted by Crippen LogP contribution is -2.50. The molecule has 2 unspecified atom stereocenters. The number of urea groups is 1. The zero-order valence-corrected chi connectivity index (χ0v) is 19.3. The number of carbonyl (C=O) groups is 3. The molecule has 3 rings (SSSR count). The molecule has 32 heavy (non-hydrogen) atoms. The van der Waals surface area contributed by atoms with Gasteiger partial charge in [0.1, 0.15) is 0 Å². The number of rotatable bonds is 7. The molecular weight excluding hydrogens is 410 g/mol. The molecule has 1 aromatic rings. The van der Waals surface area contributed by atoms with Crippen LogP contribution in [0.1, 0.15) is 43.9 Å². The van der Waals surface area contributed by atoms with E-state index < -0.39 is 12.0 Å². The molecule has 1 saturated heterocycles. The SMILES string of the molecule is CCOC(=O)C1=C(CN2CCCC(C(=O)OCC)C2)N(C)C(=O)NC1c1cccc(C)c1. The number of ether oxygens (including phenoxy) is 2. The smallest absolute Gasteiger partial charge is 0.338 e. The lowest BCUT2D eigenvalue weighted by Gasteiger charge is -2.38. The van der Waals surface area contributed by atoms with Crippen LogP contribution in [0.5, 0.6) is 0 Å². The minimum absolute atomic E-state index is 0.191. The zero-order valence-electron chi connectivity index (χ0n) is 19.3. The lowest BCUT2D eigenvalue weighted by atomic mass is 9.92. The number of carbonyl (C=O) groups excluding carboxylic acids is 3. The molecule has 1 fully saturated rings. The van der Waals surface area contributed by atoms with Crippen LogP contribution in [0.2, 0.25) is 0 Å². The average molecular weight is 444 g/mol. The third-order valence-electron chi connectivity index (χ3n) is 5.95. The van der Waals surface area contributed by atoms with E-state index in [0.29, 0.717) is 31.0 Å². The number of likely N-dealkylation sites (N-methyl/N-ethyl adjacent to an activating group) is 1. The molecule has 2 atom stereocenters. The van der Waals surface area contributed by atoms with Gasteiger partial charge >= 0.3 is 18.0 Å². The second-order valence-electron chi connectivity index (χ2n) is 8.26. The molecule has 2 amide bonds. The minimum atomic E-state index is -0.599. The Labute approximate surface area is 189 Å². The molecule has 174 valence electrons. The van der Waals surface area contributed by atoms with Crippen LogP contribution in [-0.2, 0) is 19.1 Å². The van der Waals surface area contributed by atoms with Gasteiger partial charge < -0.3 is 14.8 Å². The fourth-order valence-corrected chi connectivity index (χ4v) is 4.36. The predicted molar refractivity (Wildman–Crippen MR) is 120 cm³/mol. The first-order valence-corrected chi connectivity index (χ1v) is 11.3. The van der Waals surface area contributed by atoms with Crippen LogP contribution < -0.4 is 5.32 Å². The standard InChI is InChI=1S/C24H33N3O5/c1-5-31-22(28)18-11-8-12-27(14-18)15-19-20(23(29)32-6-2)21(25-24(30)26(19)4)17-10-7-9-16(3)13-17/h7,9-10,13,18,21H,5-6,8,11-12,14-15H2,1-4H3,(H,25,30). The molecule has 2 heterocycles. The van der Waals surface area contributed by atoms with Crippen molar-refractivity contribution in [2.75, 3.05) is 39.9 Å². The highest BCUT2D eigenvalue weighted by atomic mass is 16.5. The Bertz CT molecular complexity index is 897. The van der Waals surface area contributed by atoms with Gasteiger partial charge in [-0.1, -0.05) is 29.8 Å². The normalized spacial score (nSPS) is 21.9. The number of nitrogens with zero attached hydrogens (tertiary/aromatic N) is 2. The van der Waals surface area contributed by atoms with E-state index in [2.05, 4.69) is 10.2 Å². The van der Waals surface area contributed by atoms with Crippen molar-refractivity contribution in [2.45, 2.75) is 39.7 Å². The summed E-state index contributed by atoms with van der Waals surface area (Å²) in [6, 6.07) is 6.87. The van der Waals surface area contributed by atoms with Crippen molar-refractivity contribution in [2.24, 2.45) is 5.92 Å². The van der Waals surface area contributed by atoms with Gasteiger partial charge in [-0.05, 0) is 45.7 Å². The summed E-state index contributed by atoms with van der Waals surface area (Å²) in [6.07, 6.45) is 1.63. The molecule has 0 aliphatic carbocycles.